The number of fused-ring (bicyclic) bond motifs is 2. The fourth-order valence-electron chi connectivity index (χ4n) is 3.54. The average Bonchev–Trinajstić information content (AvgIpc) is 2.93. The van der Waals surface area contributed by atoms with E-state index in [-0.39, 0.29) is 11.5 Å². The average molecular weight is 550 g/mol. The van der Waals surface area contributed by atoms with Gasteiger partial charge in [-0.05, 0) is 78.9 Å². The molecule has 0 spiro atoms. The Morgan fingerprint density at radius 2 is 1.89 bits per heavy atom. The van der Waals surface area contributed by atoms with Crippen LogP contribution in [0.2, 0.25) is 0 Å². The van der Waals surface area contributed by atoms with Crippen LogP contribution in [-0.4, -0.2) is 22.0 Å². The van der Waals surface area contributed by atoms with Crippen LogP contribution in [0, 0.1) is 3.57 Å². The van der Waals surface area contributed by atoms with E-state index in [9.17, 15) is 9.59 Å². The molecule has 3 aromatic rings. The maximum Gasteiger partial charge on any atom is 0.261 e. The predicted octanol–water partition coefficient (Wildman–Crippen LogP) is 4.69. The first-order chi connectivity index (χ1) is 13.4. The molecule has 0 aliphatic carbocycles. The number of carbonyl (C=O) groups is 1. The Bertz CT molecular complexity index is 1220. The summed E-state index contributed by atoms with van der Waals surface area (Å²) in [7, 11) is 0. The lowest BCUT2D eigenvalue weighted by atomic mass is 10.1. The first-order valence-electron chi connectivity index (χ1n) is 8.98. The van der Waals surface area contributed by atoms with Crippen LogP contribution in [0.15, 0.2) is 45.7 Å². The molecule has 0 atom stereocenters. The van der Waals surface area contributed by atoms with Crippen LogP contribution in [-0.2, 0) is 11.3 Å². The molecular formula is C21H17BrIN3O2. The summed E-state index contributed by atoms with van der Waals surface area (Å²) in [5.74, 6) is 0.420. The number of benzene rings is 2. The van der Waals surface area contributed by atoms with Crippen LogP contribution >= 0.6 is 38.5 Å². The van der Waals surface area contributed by atoms with Crippen molar-refractivity contribution in [2.24, 2.45) is 0 Å². The van der Waals surface area contributed by atoms with Gasteiger partial charge in [0.1, 0.15) is 5.82 Å². The topological polar surface area (TPSA) is 55.2 Å². The Labute approximate surface area is 184 Å². The first-order valence-corrected chi connectivity index (χ1v) is 10.8. The second-order valence-electron chi connectivity index (χ2n) is 6.45. The van der Waals surface area contributed by atoms with Gasteiger partial charge in [-0.25, -0.2) is 4.98 Å². The lowest BCUT2D eigenvalue weighted by Crippen LogP contribution is -2.26. The van der Waals surface area contributed by atoms with Crippen molar-refractivity contribution in [1.29, 1.82) is 0 Å². The number of anilines is 1. The lowest BCUT2D eigenvalue weighted by molar-refractivity contribution is -0.112. The van der Waals surface area contributed by atoms with Gasteiger partial charge in [-0.1, -0.05) is 15.9 Å². The van der Waals surface area contributed by atoms with Crippen molar-refractivity contribution < 1.29 is 4.79 Å². The van der Waals surface area contributed by atoms with Crippen LogP contribution in [0.25, 0.3) is 22.6 Å². The molecule has 0 unspecified atom stereocenters. The summed E-state index contributed by atoms with van der Waals surface area (Å²) >= 11 is 5.68. The van der Waals surface area contributed by atoms with Gasteiger partial charge in [-0.2, -0.15) is 0 Å². The number of hydrogen-bond donors (Lipinski definition) is 0. The Hall–Kier alpha value is -2.00. The Kier molecular flexibility index (Phi) is 5.13. The summed E-state index contributed by atoms with van der Waals surface area (Å²) in [4.78, 5) is 32.5. The highest BCUT2D eigenvalue weighted by Gasteiger charge is 2.31. The van der Waals surface area contributed by atoms with Gasteiger partial charge in [0.05, 0.1) is 22.2 Å². The molecule has 28 heavy (non-hydrogen) atoms. The van der Waals surface area contributed by atoms with Gasteiger partial charge in [-0.15, -0.1) is 0 Å². The zero-order chi connectivity index (χ0) is 20.0. The van der Waals surface area contributed by atoms with Crippen LogP contribution in [0.4, 0.5) is 5.69 Å². The number of aromatic nitrogens is 2. The molecule has 1 aromatic heterocycles. The van der Waals surface area contributed by atoms with Gasteiger partial charge in [0, 0.05) is 26.7 Å². The van der Waals surface area contributed by atoms with Crippen LogP contribution in [0.1, 0.15) is 25.2 Å². The molecular weight excluding hydrogens is 533 g/mol. The quantitative estimate of drug-likeness (QED) is 0.352. The molecule has 0 N–H and O–H groups in total. The molecule has 1 aliphatic heterocycles. The summed E-state index contributed by atoms with van der Waals surface area (Å²) in [6.07, 6.45) is 1.74. The Morgan fingerprint density at radius 3 is 2.61 bits per heavy atom. The van der Waals surface area contributed by atoms with E-state index >= 15 is 0 Å². The fraction of sp³-hybridized carbons (Fsp3) is 0.190. The maximum atomic E-state index is 13.0. The smallest absolute Gasteiger partial charge is 0.261 e. The summed E-state index contributed by atoms with van der Waals surface area (Å²) < 4.78 is 3.50. The predicted molar refractivity (Wildman–Crippen MR) is 124 cm³/mol. The van der Waals surface area contributed by atoms with Crippen molar-refractivity contribution in [3.05, 3.63) is 66.2 Å². The van der Waals surface area contributed by atoms with Gasteiger partial charge in [0.2, 0.25) is 0 Å². The molecule has 0 fully saturated rings. The van der Waals surface area contributed by atoms with Gasteiger partial charge < -0.3 is 4.90 Å². The summed E-state index contributed by atoms with van der Waals surface area (Å²) in [6.45, 7) is 4.91. The lowest BCUT2D eigenvalue weighted by Gasteiger charge is -2.13. The number of nitrogens with zero attached hydrogens (tertiary/aromatic N) is 3. The molecule has 0 bridgehead atoms. The highest BCUT2D eigenvalue weighted by Crippen LogP contribution is 2.39. The van der Waals surface area contributed by atoms with Crippen molar-refractivity contribution in [3.63, 3.8) is 0 Å². The maximum absolute atomic E-state index is 13.0. The second-order valence-corrected chi connectivity index (χ2v) is 8.61. The van der Waals surface area contributed by atoms with E-state index in [4.69, 9.17) is 4.98 Å². The second kappa shape index (κ2) is 7.44. The van der Waals surface area contributed by atoms with Crippen molar-refractivity contribution >= 4 is 72.7 Å². The zero-order valence-corrected chi connectivity index (χ0v) is 19.1. The molecule has 2 aromatic carbocycles. The summed E-state index contributed by atoms with van der Waals surface area (Å²) in [6, 6.07) is 11.4. The number of hydrogen-bond acceptors (Lipinski definition) is 3. The third-order valence-corrected chi connectivity index (χ3v) is 6.03. The van der Waals surface area contributed by atoms with Crippen LogP contribution in [0.5, 0.6) is 0 Å². The van der Waals surface area contributed by atoms with E-state index < -0.39 is 0 Å². The Morgan fingerprint density at radius 1 is 1.11 bits per heavy atom. The standard InChI is InChI=1S/C21H17BrIN3O2/c1-3-25-18-8-5-12(22)9-14(18)15(20(25)27)11-19-24-17-7-6-13(23)10-16(17)21(28)26(19)4-2/h5-11H,3-4H2,1-2H3. The van der Waals surface area contributed by atoms with Gasteiger partial charge in [0.25, 0.3) is 11.5 Å². The number of carbonyl (C=O) groups excluding carboxylic acids is 1. The van der Waals surface area contributed by atoms with E-state index in [1.165, 1.54) is 0 Å². The molecule has 0 radical (unpaired) electrons. The van der Waals surface area contributed by atoms with Crippen molar-refractivity contribution in [1.82, 2.24) is 9.55 Å². The fourth-order valence-corrected chi connectivity index (χ4v) is 4.39. The molecule has 7 heteroatoms. The number of likely N-dealkylation sites (N-methyl/N-ethyl adjacent to an activating group) is 1. The highest BCUT2D eigenvalue weighted by atomic mass is 127. The molecule has 4 rings (SSSR count). The van der Waals surface area contributed by atoms with Crippen LogP contribution < -0.4 is 10.5 Å². The molecule has 2 heterocycles. The number of rotatable bonds is 3. The largest absolute Gasteiger partial charge is 0.308 e. The third-order valence-electron chi connectivity index (χ3n) is 4.87. The minimum atomic E-state index is -0.0925. The van der Waals surface area contributed by atoms with E-state index in [1.54, 1.807) is 15.5 Å². The van der Waals surface area contributed by atoms with E-state index in [1.807, 2.05) is 50.2 Å². The molecule has 142 valence electrons. The zero-order valence-electron chi connectivity index (χ0n) is 15.4. The molecule has 5 nitrogen and oxygen atoms in total. The SMILES string of the molecule is CCN1C(=O)C(=Cc2nc3ccc(I)cc3c(=O)n2CC)c2cc(Br)ccc21. The van der Waals surface area contributed by atoms with Crippen molar-refractivity contribution in [3.8, 4) is 0 Å². The van der Waals surface area contributed by atoms with Crippen molar-refractivity contribution in [2.75, 3.05) is 11.4 Å². The van der Waals surface area contributed by atoms with E-state index in [0.717, 1.165) is 19.3 Å². The first kappa shape index (κ1) is 19.3. The molecule has 1 aliphatic rings. The van der Waals surface area contributed by atoms with Crippen LogP contribution in [0.3, 0.4) is 0 Å². The van der Waals surface area contributed by atoms with Gasteiger partial charge >= 0.3 is 0 Å². The minimum Gasteiger partial charge on any atom is -0.308 e. The summed E-state index contributed by atoms with van der Waals surface area (Å²) in [5.41, 5.74) is 2.82. The molecule has 0 saturated carbocycles. The number of amides is 1. The Balaban J connectivity index is 1.98. The minimum absolute atomic E-state index is 0.0739. The van der Waals surface area contributed by atoms with E-state index in [2.05, 4.69) is 38.5 Å². The monoisotopic (exact) mass is 549 g/mol. The van der Waals surface area contributed by atoms with E-state index in [0.29, 0.717) is 35.4 Å². The normalized spacial score (nSPS) is 14.9. The highest BCUT2D eigenvalue weighted by molar-refractivity contribution is 14.1. The summed E-state index contributed by atoms with van der Waals surface area (Å²) in [5, 5.41) is 0.590. The molecule has 0 saturated heterocycles. The number of halogens is 2. The van der Waals surface area contributed by atoms with Gasteiger partial charge in [0.15, 0.2) is 0 Å². The van der Waals surface area contributed by atoms with Gasteiger partial charge in [-0.3, -0.25) is 14.2 Å². The third kappa shape index (κ3) is 3.10. The van der Waals surface area contributed by atoms with Crippen molar-refractivity contribution in [2.45, 2.75) is 20.4 Å². The molecule has 1 amide bonds.